The van der Waals surface area contributed by atoms with Gasteiger partial charge in [-0.05, 0) is 56.3 Å². The Morgan fingerprint density at radius 2 is 1.81 bits per heavy atom. The van der Waals surface area contributed by atoms with Gasteiger partial charge in [-0.15, -0.1) is 11.3 Å². The number of likely N-dealkylation sites (N-methyl/N-ethyl adjacent to an activating group) is 1. The molecule has 0 atom stereocenters. The molecule has 0 fully saturated rings. The molecule has 114 valence electrons. The second-order valence-corrected chi connectivity index (χ2v) is 7.55. The van der Waals surface area contributed by atoms with Crippen LogP contribution in [-0.4, -0.2) is 19.1 Å². The van der Waals surface area contributed by atoms with E-state index in [-0.39, 0.29) is 5.54 Å². The molecule has 0 aliphatic carbocycles. The van der Waals surface area contributed by atoms with E-state index >= 15 is 0 Å². The van der Waals surface area contributed by atoms with Crippen LogP contribution in [0.3, 0.4) is 0 Å². The van der Waals surface area contributed by atoms with Crippen LogP contribution in [0.25, 0.3) is 0 Å². The summed E-state index contributed by atoms with van der Waals surface area (Å²) in [6.45, 7) is 8.56. The Morgan fingerprint density at radius 1 is 1.10 bits per heavy atom. The molecule has 0 radical (unpaired) electrons. The lowest BCUT2D eigenvalue weighted by atomic mass is 10.1. The lowest BCUT2D eigenvalue weighted by Gasteiger charge is -2.22. The molecule has 3 heteroatoms. The van der Waals surface area contributed by atoms with Crippen LogP contribution in [0, 0.1) is 0 Å². The van der Waals surface area contributed by atoms with Crippen molar-refractivity contribution >= 4 is 17.0 Å². The predicted molar refractivity (Wildman–Crippen MR) is 94.3 cm³/mol. The van der Waals surface area contributed by atoms with Gasteiger partial charge in [0.25, 0.3) is 0 Å². The molecule has 0 aliphatic heterocycles. The van der Waals surface area contributed by atoms with Crippen LogP contribution in [0.1, 0.15) is 31.2 Å². The lowest BCUT2D eigenvalue weighted by Crippen LogP contribution is -2.35. The van der Waals surface area contributed by atoms with Gasteiger partial charge in [-0.3, -0.25) is 0 Å². The minimum Gasteiger partial charge on any atom is -0.374 e. The van der Waals surface area contributed by atoms with Gasteiger partial charge in [-0.1, -0.05) is 18.2 Å². The lowest BCUT2D eigenvalue weighted by molar-refractivity contribution is 0.424. The largest absolute Gasteiger partial charge is 0.374 e. The maximum Gasteiger partial charge on any atom is 0.0363 e. The zero-order chi connectivity index (χ0) is 15.3. The molecule has 0 aliphatic rings. The average molecular weight is 302 g/mol. The van der Waals surface area contributed by atoms with Gasteiger partial charge in [0.15, 0.2) is 0 Å². The Hall–Kier alpha value is -1.32. The van der Waals surface area contributed by atoms with Crippen molar-refractivity contribution in [2.75, 3.05) is 18.5 Å². The summed E-state index contributed by atoms with van der Waals surface area (Å²) in [4.78, 5) is 3.77. The first-order valence-electron chi connectivity index (χ1n) is 7.51. The SMILES string of the molecule is CN(CCc1cccs1)c1ccc(CNC(C)(C)C)cc1. The van der Waals surface area contributed by atoms with Gasteiger partial charge in [0.2, 0.25) is 0 Å². The normalized spacial score (nSPS) is 11.6. The number of rotatable bonds is 6. The number of nitrogens with one attached hydrogen (secondary N) is 1. The highest BCUT2D eigenvalue weighted by molar-refractivity contribution is 7.09. The van der Waals surface area contributed by atoms with Crippen LogP contribution in [0.2, 0.25) is 0 Å². The van der Waals surface area contributed by atoms with E-state index in [1.807, 2.05) is 11.3 Å². The molecular formula is C18H26N2S. The summed E-state index contributed by atoms with van der Waals surface area (Å²) in [5, 5.41) is 5.66. The Labute approximate surface area is 132 Å². The highest BCUT2D eigenvalue weighted by Gasteiger charge is 2.08. The van der Waals surface area contributed by atoms with E-state index in [9.17, 15) is 0 Å². The first kappa shape index (κ1) is 16.1. The second-order valence-electron chi connectivity index (χ2n) is 6.52. The van der Waals surface area contributed by atoms with Gasteiger partial charge >= 0.3 is 0 Å². The third-order valence-electron chi connectivity index (χ3n) is 3.47. The Kier molecular flexibility index (Phi) is 5.43. The molecule has 1 heterocycles. The van der Waals surface area contributed by atoms with Crippen LogP contribution in [0.4, 0.5) is 5.69 Å². The van der Waals surface area contributed by atoms with Crippen LogP contribution in [-0.2, 0) is 13.0 Å². The van der Waals surface area contributed by atoms with Gasteiger partial charge in [0.1, 0.15) is 0 Å². The van der Waals surface area contributed by atoms with Crippen LogP contribution < -0.4 is 10.2 Å². The van der Waals surface area contributed by atoms with E-state index < -0.39 is 0 Å². The van der Waals surface area contributed by atoms with Crippen molar-refractivity contribution in [2.45, 2.75) is 39.3 Å². The number of benzene rings is 1. The van der Waals surface area contributed by atoms with E-state index in [0.717, 1.165) is 19.5 Å². The standard InChI is InChI=1S/C18H26N2S/c1-18(2,3)19-14-15-7-9-16(10-8-15)20(4)12-11-17-6-5-13-21-17/h5-10,13,19H,11-12,14H2,1-4H3. The Morgan fingerprint density at radius 3 is 2.38 bits per heavy atom. The van der Waals surface area contributed by atoms with Gasteiger partial charge in [-0.25, -0.2) is 0 Å². The number of hydrogen-bond acceptors (Lipinski definition) is 3. The monoisotopic (exact) mass is 302 g/mol. The maximum absolute atomic E-state index is 3.52. The summed E-state index contributed by atoms with van der Waals surface area (Å²) in [7, 11) is 2.16. The van der Waals surface area contributed by atoms with Crippen LogP contribution in [0.5, 0.6) is 0 Å². The summed E-state index contributed by atoms with van der Waals surface area (Å²) in [6, 6.07) is 13.2. The topological polar surface area (TPSA) is 15.3 Å². The summed E-state index contributed by atoms with van der Waals surface area (Å²) < 4.78 is 0. The number of anilines is 1. The quantitative estimate of drug-likeness (QED) is 0.855. The molecule has 1 aromatic carbocycles. The Balaban J connectivity index is 1.86. The van der Waals surface area contributed by atoms with Crippen molar-refractivity contribution in [1.29, 1.82) is 0 Å². The molecule has 1 aromatic heterocycles. The van der Waals surface area contributed by atoms with E-state index in [0.29, 0.717) is 0 Å². The summed E-state index contributed by atoms with van der Waals surface area (Å²) >= 11 is 1.84. The predicted octanol–water partition coefficient (Wildman–Crippen LogP) is 4.32. The number of thiophene rings is 1. The van der Waals surface area contributed by atoms with Gasteiger partial charge in [0, 0.05) is 36.2 Å². The smallest absolute Gasteiger partial charge is 0.0363 e. The fraction of sp³-hybridized carbons (Fsp3) is 0.444. The second kappa shape index (κ2) is 7.10. The van der Waals surface area contributed by atoms with E-state index in [1.165, 1.54) is 16.1 Å². The van der Waals surface area contributed by atoms with E-state index in [4.69, 9.17) is 0 Å². The zero-order valence-electron chi connectivity index (χ0n) is 13.5. The third kappa shape index (κ3) is 5.52. The summed E-state index contributed by atoms with van der Waals surface area (Å²) in [6.07, 6.45) is 1.11. The molecule has 0 bridgehead atoms. The minimum atomic E-state index is 0.163. The fourth-order valence-electron chi connectivity index (χ4n) is 2.10. The van der Waals surface area contributed by atoms with E-state index in [2.05, 4.69) is 79.8 Å². The molecule has 0 spiro atoms. The fourth-order valence-corrected chi connectivity index (χ4v) is 2.80. The summed E-state index contributed by atoms with van der Waals surface area (Å²) in [5.74, 6) is 0. The molecular weight excluding hydrogens is 276 g/mol. The highest BCUT2D eigenvalue weighted by atomic mass is 32.1. The minimum absolute atomic E-state index is 0.163. The van der Waals surface area contributed by atoms with Gasteiger partial charge < -0.3 is 10.2 Å². The molecule has 1 N–H and O–H groups in total. The molecule has 0 saturated carbocycles. The third-order valence-corrected chi connectivity index (χ3v) is 4.41. The number of hydrogen-bond donors (Lipinski definition) is 1. The van der Waals surface area contributed by atoms with Gasteiger partial charge in [0.05, 0.1) is 0 Å². The first-order valence-corrected chi connectivity index (χ1v) is 8.39. The molecule has 0 amide bonds. The summed E-state index contributed by atoms with van der Waals surface area (Å²) in [5.41, 5.74) is 2.78. The van der Waals surface area contributed by atoms with Gasteiger partial charge in [-0.2, -0.15) is 0 Å². The molecule has 0 saturated heterocycles. The van der Waals surface area contributed by atoms with Crippen molar-refractivity contribution in [2.24, 2.45) is 0 Å². The first-order chi connectivity index (χ1) is 9.94. The molecule has 0 unspecified atom stereocenters. The van der Waals surface area contributed by atoms with Crippen LogP contribution >= 0.6 is 11.3 Å². The number of nitrogens with zero attached hydrogens (tertiary/aromatic N) is 1. The van der Waals surface area contributed by atoms with E-state index in [1.54, 1.807) is 0 Å². The average Bonchev–Trinajstić information content (AvgIpc) is 2.95. The zero-order valence-corrected chi connectivity index (χ0v) is 14.3. The highest BCUT2D eigenvalue weighted by Crippen LogP contribution is 2.16. The Bertz CT molecular complexity index is 523. The van der Waals surface area contributed by atoms with Crippen molar-refractivity contribution in [3.8, 4) is 0 Å². The molecule has 21 heavy (non-hydrogen) atoms. The van der Waals surface area contributed by atoms with Crippen molar-refractivity contribution in [1.82, 2.24) is 5.32 Å². The molecule has 2 rings (SSSR count). The molecule has 2 aromatic rings. The van der Waals surface area contributed by atoms with Crippen molar-refractivity contribution in [3.05, 3.63) is 52.2 Å². The maximum atomic E-state index is 3.52. The van der Waals surface area contributed by atoms with Crippen molar-refractivity contribution < 1.29 is 0 Å². The van der Waals surface area contributed by atoms with Crippen LogP contribution in [0.15, 0.2) is 41.8 Å². The van der Waals surface area contributed by atoms with Crippen molar-refractivity contribution in [3.63, 3.8) is 0 Å². The molecule has 2 nitrogen and oxygen atoms in total.